The van der Waals surface area contributed by atoms with Gasteiger partial charge in [-0.3, -0.25) is 0 Å². The van der Waals surface area contributed by atoms with E-state index in [2.05, 4.69) is 49.4 Å². The molecule has 0 fully saturated rings. The Balaban J connectivity index is 1.99. The number of aromatic nitrogens is 2. The van der Waals surface area contributed by atoms with Crippen molar-refractivity contribution >= 4 is 22.5 Å². The summed E-state index contributed by atoms with van der Waals surface area (Å²) >= 11 is 0. The van der Waals surface area contributed by atoms with E-state index in [1.165, 1.54) is 5.56 Å². The normalized spacial score (nSPS) is 12.0. The number of fused-ring (bicyclic) bond motifs is 3. The molecule has 0 bridgehead atoms. The summed E-state index contributed by atoms with van der Waals surface area (Å²) in [5.41, 5.74) is 7.02. The summed E-state index contributed by atoms with van der Waals surface area (Å²) in [6, 6.07) is 15.9. The number of rotatable bonds is 2. The number of benzene rings is 2. The zero-order chi connectivity index (χ0) is 19.3. The smallest absolute Gasteiger partial charge is 0.335 e. The van der Waals surface area contributed by atoms with Crippen molar-refractivity contribution in [3.05, 3.63) is 71.4 Å². The van der Waals surface area contributed by atoms with Gasteiger partial charge in [0.2, 0.25) is 0 Å². The van der Waals surface area contributed by atoms with Crippen LogP contribution in [0, 0.1) is 6.92 Å². The van der Waals surface area contributed by atoms with Crippen LogP contribution in [0.15, 0.2) is 54.7 Å². The highest BCUT2D eigenvalue weighted by Crippen LogP contribution is 2.31. The SMILES string of the molecule is Cc1cc(C(=O)O)cc2nc(-c3ccc(C(C)(C)C)cc3)c3cccn3c12. The van der Waals surface area contributed by atoms with Crippen LogP contribution in [0.5, 0.6) is 0 Å². The number of carboxylic acids is 1. The Morgan fingerprint density at radius 2 is 1.78 bits per heavy atom. The Morgan fingerprint density at radius 3 is 2.41 bits per heavy atom. The van der Waals surface area contributed by atoms with E-state index in [0.29, 0.717) is 5.52 Å². The van der Waals surface area contributed by atoms with Crippen molar-refractivity contribution < 1.29 is 9.90 Å². The van der Waals surface area contributed by atoms with Crippen molar-refractivity contribution in [1.29, 1.82) is 0 Å². The Bertz CT molecular complexity index is 1180. The van der Waals surface area contributed by atoms with E-state index in [1.54, 1.807) is 12.1 Å². The summed E-state index contributed by atoms with van der Waals surface area (Å²) in [6.07, 6.45) is 2.00. The minimum atomic E-state index is -0.939. The maximum absolute atomic E-state index is 11.5. The van der Waals surface area contributed by atoms with Crippen LogP contribution in [0.2, 0.25) is 0 Å². The molecule has 0 aliphatic carbocycles. The molecule has 2 aromatic heterocycles. The van der Waals surface area contributed by atoms with E-state index in [0.717, 1.165) is 27.9 Å². The third-order valence-corrected chi connectivity index (χ3v) is 5.02. The summed E-state index contributed by atoms with van der Waals surface area (Å²) in [6.45, 7) is 8.50. The molecule has 2 aromatic carbocycles. The number of nitrogens with zero attached hydrogens (tertiary/aromatic N) is 2. The molecule has 2 heterocycles. The third kappa shape index (κ3) is 2.87. The lowest BCUT2D eigenvalue weighted by Crippen LogP contribution is -2.10. The van der Waals surface area contributed by atoms with Crippen molar-refractivity contribution in [2.75, 3.05) is 0 Å². The summed E-state index contributed by atoms with van der Waals surface area (Å²) in [7, 11) is 0. The first-order valence-corrected chi connectivity index (χ1v) is 9.01. The standard InChI is InChI=1S/C23H22N2O2/c1-14-12-16(22(26)27)13-18-21(14)25-11-5-6-19(25)20(24-18)15-7-9-17(10-8-15)23(2,3)4/h5-13H,1-4H3,(H,26,27). The highest BCUT2D eigenvalue weighted by atomic mass is 16.4. The lowest BCUT2D eigenvalue weighted by molar-refractivity contribution is 0.0697. The van der Waals surface area contributed by atoms with Gasteiger partial charge in [0.05, 0.1) is 27.8 Å². The lowest BCUT2D eigenvalue weighted by atomic mass is 9.86. The number of carbonyl (C=O) groups is 1. The lowest BCUT2D eigenvalue weighted by Gasteiger charge is -2.19. The molecule has 0 atom stereocenters. The van der Waals surface area contributed by atoms with Gasteiger partial charge in [-0.1, -0.05) is 45.0 Å². The van der Waals surface area contributed by atoms with E-state index < -0.39 is 5.97 Å². The molecule has 0 aliphatic heterocycles. The van der Waals surface area contributed by atoms with Gasteiger partial charge in [-0.2, -0.15) is 0 Å². The van der Waals surface area contributed by atoms with Crippen LogP contribution in [0.4, 0.5) is 0 Å². The zero-order valence-corrected chi connectivity index (χ0v) is 15.9. The molecule has 4 rings (SSSR count). The molecule has 4 heteroatoms. The fraction of sp³-hybridized carbons (Fsp3) is 0.217. The van der Waals surface area contributed by atoms with Gasteiger partial charge in [0.15, 0.2) is 0 Å². The summed E-state index contributed by atoms with van der Waals surface area (Å²) in [4.78, 5) is 16.3. The van der Waals surface area contributed by atoms with E-state index in [-0.39, 0.29) is 11.0 Å². The highest BCUT2D eigenvalue weighted by Gasteiger charge is 2.16. The zero-order valence-electron chi connectivity index (χ0n) is 15.9. The predicted octanol–water partition coefficient (Wildman–Crippen LogP) is 5.46. The van der Waals surface area contributed by atoms with Gasteiger partial charge in [0.1, 0.15) is 0 Å². The number of carboxylic acid groups (broad SMARTS) is 1. The van der Waals surface area contributed by atoms with Gasteiger partial charge < -0.3 is 9.51 Å². The van der Waals surface area contributed by atoms with Gasteiger partial charge in [-0.05, 0) is 47.7 Å². The second kappa shape index (κ2) is 5.95. The Morgan fingerprint density at radius 1 is 1.07 bits per heavy atom. The van der Waals surface area contributed by atoms with Gasteiger partial charge in [-0.25, -0.2) is 9.78 Å². The number of hydrogen-bond acceptors (Lipinski definition) is 2. The van der Waals surface area contributed by atoms with Crippen molar-refractivity contribution in [1.82, 2.24) is 9.38 Å². The first kappa shape index (κ1) is 17.3. The van der Waals surface area contributed by atoms with E-state index >= 15 is 0 Å². The van der Waals surface area contributed by atoms with Crippen LogP contribution >= 0.6 is 0 Å². The number of aryl methyl sites for hydroxylation is 1. The minimum Gasteiger partial charge on any atom is -0.478 e. The molecule has 4 aromatic rings. The monoisotopic (exact) mass is 358 g/mol. The van der Waals surface area contributed by atoms with Crippen LogP contribution in [0.1, 0.15) is 42.3 Å². The second-order valence-electron chi connectivity index (χ2n) is 8.02. The summed E-state index contributed by atoms with van der Waals surface area (Å²) in [5.74, 6) is -0.939. The largest absolute Gasteiger partial charge is 0.478 e. The minimum absolute atomic E-state index is 0.0905. The molecule has 1 N–H and O–H groups in total. The van der Waals surface area contributed by atoms with Crippen molar-refractivity contribution in [2.24, 2.45) is 0 Å². The Kier molecular flexibility index (Phi) is 3.81. The maximum Gasteiger partial charge on any atom is 0.335 e. The molecule has 0 saturated carbocycles. The molecule has 0 spiro atoms. The van der Waals surface area contributed by atoms with Gasteiger partial charge in [0.25, 0.3) is 0 Å². The van der Waals surface area contributed by atoms with Gasteiger partial charge >= 0.3 is 5.97 Å². The molecule has 4 nitrogen and oxygen atoms in total. The van der Waals surface area contributed by atoms with Crippen molar-refractivity contribution in [3.63, 3.8) is 0 Å². The van der Waals surface area contributed by atoms with E-state index in [9.17, 15) is 9.90 Å². The first-order chi connectivity index (χ1) is 12.8. The van der Waals surface area contributed by atoms with Crippen LogP contribution in [-0.4, -0.2) is 20.5 Å². The molecule has 0 amide bonds. The Hall–Kier alpha value is -3.14. The first-order valence-electron chi connectivity index (χ1n) is 9.01. The fourth-order valence-electron chi connectivity index (χ4n) is 3.57. The van der Waals surface area contributed by atoms with Gasteiger partial charge in [-0.15, -0.1) is 0 Å². The van der Waals surface area contributed by atoms with Crippen LogP contribution < -0.4 is 0 Å². The van der Waals surface area contributed by atoms with Crippen LogP contribution in [0.3, 0.4) is 0 Å². The summed E-state index contributed by atoms with van der Waals surface area (Å²) < 4.78 is 2.09. The highest BCUT2D eigenvalue weighted by molar-refractivity contribution is 5.96. The van der Waals surface area contributed by atoms with Gasteiger partial charge in [0, 0.05) is 11.8 Å². The average molecular weight is 358 g/mol. The Labute approximate surface area is 158 Å². The second-order valence-corrected chi connectivity index (χ2v) is 8.02. The fourth-order valence-corrected chi connectivity index (χ4v) is 3.57. The molecular formula is C23H22N2O2. The molecule has 0 saturated heterocycles. The topological polar surface area (TPSA) is 54.6 Å². The quantitative estimate of drug-likeness (QED) is 0.518. The van der Waals surface area contributed by atoms with Crippen molar-refractivity contribution in [3.8, 4) is 11.3 Å². The molecule has 136 valence electrons. The van der Waals surface area contributed by atoms with Crippen LogP contribution in [0.25, 0.3) is 27.8 Å². The maximum atomic E-state index is 11.5. The average Bonchev–Trinajstić information content (AvgIpc) is 3.09. The molecule has 0 radical (unpaired) electrons. The summed E-state index contributed by atoms with van der Waals surface area (Å²) in [5, 5.41) is 9.40. The molecule has 0 unspecified atom stereocenters. The molecule has 0 aliphatic rings. The van der Waals surface area contributed by atoms with Crippen molar-refractivity contribution in [2.45, 2.75) is 33.1 Å². The third-order valence-electron chi connectivity index (χ3n) is 5.02. The predicted molar refractivity (Wildman–Crippen MR) is 109 cm³/mol. The van der Waals surface area contributed by atoms with E-state index in [1.807, 2.05) is 25.3 Å². The molecule has 27 heavy (non-hydrogen) atoms. The number of hydrogen-bond donors (Lipinski definition) is 1. The van der Waals surface area contributed by atoms with E-state index in [4.69, 9.17) is 4.98 Å². The molecular weight excluding hydrogens is 336 g/mol. The van der Waals surface area contributed by atoms with Crippen LogP contribution in [-0.2, 0) is 5.41 Å². The number of aromatic carboxylic acids is 1.